The summed E-state index contributed by atoms with van der Waals surface area (Å²) >= 11 is 0. The van der Waals surface area contributed by atoms with Gasteiger partial charge in [-0.3, -0.25) is 9.78 Å². The number of ether oxygens (including phenoxy) is 2. The van der Waals surface area contributed by atoms with Crippen LogP contribution in [0.3, 0.4) is 0 Å². The van der Waals surface area contributed by atoms with Crippen LogP contribution < -0.4 is 14.8 Å². The van der Waals surface area contributed by atoms with Crippen molar-refractivity contribution in [1.82, 2.24) is 30.0 Å². The molecule has 0 atom stereocenters. The zero-order chi connectivity index (χ0) is 23.6. The summed E-state index contributed by atoms with van der Waals surface area (Å²) in [5, 5.41) is 7.33. The molecule has 1 N–H and O–H groups in total. The molecule has 0 saturated heterocycles. The number of pyridine rings is 1. The number of carbonyl (C=O) groups excluding carboxylic acids is 1. The third kappa shape index (κ3) is 3.97. The molecule has 0 fully saturated rings. The standard InChI is InChI=1S/C25H18N6O4/c32-24(28-13-16-3-1-8-26-12-16)18-14-29-31(23(18)21-4-2-10-33-21)25-27-9-7-19(30-25)17-5-6-20-22(11-17)35-15-34-20/h1-12,14H,13,15H2,(H,28,32). The van der Waals surface area contributed by atoms with E-state index in [-0.39, 0.29) is 18.6 Å². The predicted molar refractivity (Wildman–Crippen MR) is 124 cm³/mol. The van der Waals surface area contributed by atoms with Gasteiger partial charge in [0.2, 0.25) is 6.79 Å². The third-order valence-electron chi connectivity index (χ3n) is 5.44. The molecule has 1 aliphatic rings. The molecule has 0 saturated carbocycles. The largest absolute Gasteiger partial charge is 0.463 e. The maximum absolute atomic E-state index is 13.1. The number of hydrogen-bond acceptors (Lipinski definition) is 8. The van der Waals surface area contributed by atoms with Crippen LogP contribution >= 0.6 is 0 Å². The number of fused-ring (bicyclic) bond motifs is 1. The van der Waals surface area contributed by atoms with Crippen LogP contribution in [0.1, 0.15) is 15.9 Å². The maximum atomic E-state index is 13.1. The summed E-state index contributed by atoms with van der Waals surface area (Å²) in [5.74, 6) is 1.80. The lowest BCUT2D eigenvalue weighted by Gasteiger charge is -2.09. The Morgan fingerprint density at radius 1 is 1.03 bits per heavy atom. The van der Waals surface area contributed by atoms with Crippen molar-refractivity contribution in [2.75, 3.05) is 6.79 Å². The Kier molecular flexibility index (Phi) is 5.15. The molecule has 10 nitrogen and oxygen atoms in total. The van der Waals surface area contributed by atoms with Gasteiger partial charge in [-0.25, -0.2) is 9.97 Å². The van der Waals surface area contributed by atoms with Gasteiger partial charge in [0.1, 0.15) is 5.69 Å². The summed E-state index contributed by atoms with van der Waals surface area (Å²) in [7, 11) is 0. The van der Waals surface area contributed by atoms with Gasteiger partial charge in [-0.1, -0.05) is 6.07 Å². The van der Waals surface area contributed by atoms with Crippen molar-refractivity contribution in [3.8, 4) is 40.2 Å². The lowest BCUT2D eigenvalue weighted by atomic mass is 10.1. The number of rotatable bonds is 6. The van der Waals surface area contributed by atoms with E-state index in [1.54, 1.807) is 36.8 Å². The summed E-state index contributed by atoms with van der Waals surface area (Å²) in [5.41, 5.74) is 3.16. The van der Waals surface area contributed by atoms with Gasteiger partial charge >= 0.3 is 0 Å². The average molecular weight is 466 g/mol. The van der Waals surface area contributed by atoms with Crippen molar-refractivity contribution >= 4 is 5.91 Å². The van der Waals surface area contributed by atoms with Crippen molar-refractivity contribution in [3.63, 3.8) is 0 Å². The molecule has 0 spiro atoms. The average Bonchev–Trinajstić information content (AvgIpc) is 3.67. The smallest absolute Gasteiger partial charge is 0.255 e. The second kappa shape index (κ2) is 8.75. The van der Waals surface area contributed by atoms with Gasteiger partial charge in [0.25, 0.3) is 11.9 Å². The molecule has 5 heterocycles. The first-order valence-electron chi connectivity index (χ1n) is 10.8. The molecule has 0 bridgehead atoms. The molecule has 1 aromatic carbocycles. The number of hydrogen-bond donors (Lipinski definition) is 1. The van der Waals surface area contributed by atoms with Crippen molar-refractivity contribution in [2.45, 2.75) is 6.54 Å². The minimum absolute atomic E-state index is 0.194. The molecular formula is C25H18N6O4. The number of nitrogens with one attached hydrogen (secondary N) is 1. The molecule has 0 radical (unpaired) electrons. The fraction of sp³-hybridized carbons (Fsp3) is 0.0800. The number of benzene rings is 1. The lowest BCUT2D eigenvalue weighted by molar-refractivity contribution is 0.0951. The van der Waals surface area contributed by atoms with Crippen molar-refractivity contribution in [2.24, 2.45) is 0 Å². The van der Waals surface area contributed by atoms with Gasteiger partial charge in [-0.2, -0.15) is 9.78 Å². The van der Waals surface area contributed by atoms with Gasteiger partial charge < -0.3 is 19.2 Å². The van der Waals surface area contributed by atoms with E-state index in [0.717, 1.165) is 11.1 Å². The van der Waals surface area contributed by atoms with Gasteiger partial charge in [0.05, 0.1) is 23.7 Å². The molecule has 6 rings (SSSR count). The SMILES string of the molecule is O=C(NCc1cccnc1)c1cnn(-c2nccc(-c3ccc4c(c3)OCO4)n2)c1-c1ccco1. The number of furan rings is 1. The number of aromatic nitrogens is 5. The zero-order valence-corrected chi connectivity index (χ0v) is 18.3. The maximum Gasteiger partial charge on any atom is 0.255 e. The molecule has 1 aliphatic heterocycles. The van der Waals surface area contributed by atoms with Crippen molar-refractivity contribution in [1.29, 1.82) is 0 Å². The Balaban J connectivity index is 1.36. The van der Waals surface area contributed by atoms with Crippen molar-refractivity contribution < 1.29 is 18.7 Å². The summed E-state index contributed by atoms with van der Waals surface area (Å²) < 4.78 is 18.0. The Labute approximate surface area is 199 Å². The second-order valence-corrected chi connectivity index (χ2v) is 7.65. The van der Waals surface area contributed by atoms with Crippen LogP contribution in [0.2, 0.25) is 0 Å². The predicted octanol–water partition coefficient (Wildman–Crippen LogP) is 3.64. The molecule has 172 valence electrons. The molecule has 10 heteroatoms. The molecule has 4 aromatic heterocycles. The molecular weight excluding hydrogens is 448 g/mol. The highest BCUT2D eigenvalue weighted by atomic mass is 16.7. The van der Waals surface area contributed by atoms with Crippen LogP contribution in [0.4, 0.5) is 0 Å². The first kappa shape index (κ1) is 20.6. The molecule has 0 aliphatic carbocycles. The third-order valence-corrected chi connectivity index (χ3v) is 5.44. The van der Waals surface area contributed by atoms with Crippen LogP contribution in [-0.2, 0) is 6.54 Å². The Morgan fingerprint density at radius 3 is 2.83 bits per heavy atom. The Morgan fingerprint density at radius 2 is 1.97 bits per heavy atom. The summed E-state index contributed by atoms with van der Waals surface area (Å²) in [4.78, 5) is 26.2. The van der Waals surface area contributed by atoms with Crippen LogP contribution in [0.5, 0.6) is 11.5 Å². The molecule has 5 aromatic rings. The van der Waals surface area contributed by atoms with Gasteiger partial charge in [-0.05, 0) is 48.0 Å². The zero-order valence-electron chi connectivity index (χ0n) is 18.3. The van der Waals surface area contributed by atoms with Gasteiger partial charge in [0.15, 0.2) is 17.3 Å². The van der Waals surface area contributed by atoms with Crippen LogP contribution in [0.25, 0.3) is 28.7 Å². The van der Waals surface area contributed by atoms with E-state index in [9.17, 15) is 4.79 Å². The highest BCUT2D eigenvalue weighted by Gasteiger charge is 2.23. The Hall–Kier alpha value is -4.99. The monoisotopic (exact) mass is 466 g/mol. The fourth-order valence-corrected chi connectivity index (χ4v) is 3.76. The fourth-order valence-electron chi connectivity index (χ4n) is 3.76. The van der Waals surface area contributed by atoms with Crippen LogP contribution in [0.15, 0.2) is 84.0 Å². The number of amides is 1. The van der Waals surface area contributed by atoms with E-state index < -0.39 is 0 Å². The van der Waals surface area contributed by atoms with Gasteiger partial charge in [0, 0.05) is 30.7 Å². The summed E-state index contributed by atoms with van der Waals surface area (Å²) in [6.07, 6.45) is 8.04. The highest BCUT2D eigenvalue weighted by molar-refractivity contribution is 5.99. The first-order valence-corrected chi connectivity index (χ1v) is 10.8. The van der Waals surface area contributed by atoms with E-state index >= 15 is 0 Å². The number of carbonyl (C=O) groups is 1. The molecule has 1 amide bonds. The van der Waals surface area contributed by atoms with E-state index in [1.165, 1.54) is 17.1 Å². The van der Waals surface area contributed by atoms with E-state index in [1.807, 2.05) is 30.3 Å². The first-order chi connectivity index (χ1) is 17.3. The molecule has 0 unspecified atom stereocenters. The van der Waals surface area contributed by atoms with Crippen molar-refractivity contribution in [3.05, 3.63) is 90.7 Å². The minimum atomic E-state index is -0.307. The highest BCUT2D eigenvalue weighted by Crippen LogP contribution is 2.35. The van der Waals surface area contributed by atoms with Crippen LogP contribution in [0, 0.1) is 0 Å². The normalized spacial score (nSPS) is 12.0. The van der Waals surface area contributed by atoms with E-state index in [4.69, 9.17) is 13.9 Å². The number of nitrogens with zero attached hydrogens (tertiary/aromatic N) is 5. The van der Waals surface area contributed by atoms with Crippen LogP contribution in [-0.4, -0.2) is 37.4 Å². The Bertz CT molecular complexity index is 1500. The van der Waals surface area contributed by atoms with E-state index in [2.05, 4.69) is 25.4 Å². The molecule has 35 heavy (non-hydrogen) atoms. The van der Waals surface area contributed by atoms with Gasteiger partial charge in [-0.15, -0.1) is 0 Å². The quantitative estimate of drug-likeness (QED) is 0.403. The second-order valence-electron chi connectivity index (χ2n) is 7.65. The van der Waals surface area contributed by atoms with E-state index in [0.29, 0.717) is 40.8 Å². The lowest BCUT2D eigenvalue weighted by Crippen LogP contribution is -2.23. The topological polar surface area (TPSA) is 117 Å². The summed E-state index contributed by atoms with van der Waals surface area (Å²) in [6.45, 7) is 0.519. The minimum Gasteiger partial charge on any atom is -0.463 e. The summed E-state index contributed by atoms with van der Waals surface area (Å²) in [6, 6.07) is 14.6.